The largest absolute Gasteiger partial charge is 0.326 e. The summed E-state index contributed by atoms with van der Waals surface area (Å²) in [6, 6.07) is 7.23. The molecule has 29 heavy (non-hydrogen) atoms. The molecular formula is C20H23BrClN5O2. The molecule has 0 radical (unpaired) electrons. The van der Waals surface area contributed by atoms with Crippen LogP contribution in [-0.2, 0) is 0 Å². The SMILES string of the molecule is CC(C)n1c(Br)nc2c1C(c1ccc(Cl)cc1)N(C1CN(C)C(=O)N(C)C1)C2=O. The number of nitrogens with zero attached hydrogens (tertiary/aromatic N) is 5. The average molecular weight is 481 g/mol. The summed E-state index contributed by atoms with van der Waals surface area (Å²) in [4.78, 5) is 35.5. The molecule has 1 aromatic carbocycles. The lowest BCUT2D eigenvalue weighted by atomic mass is 10.0. The average Bonchev–Trinajstić information content (AvgIpc) is 3.13. The number of hydrogen-bond acceptors (Lipinski definition) is 3. The molecule has 7 nitrogen and oxygen atoms in total. The first-order valence-electron chi connectivity index (χ1n) is 9.52. The van der Waals surface area contributed by atoms with E-state index in [-0.39, 0.29) is 30.1 Å². The Balaban J connectivity index is 1.85. The quantitative estimate of drug-likeness (QED) is 0.671. The standard InChI is InChI=1S/C20H23BrClN5O2/c1-11(2)26-17-15(23-19(26)21)18(28)27(14-9-24(3)20(29)25(4)10-14)16(17)12-5-7-13(22)8-6-12/h5-8,11,14,16H,9-10H2,1-4H3. The summed E-state index contributed by atoms with van der Waals surface area (Å²) in [7, 11) is 3.53. The van der Waals surface area contributed by atoms with Gasteiger partial charge in [-0.3, -0.25) is 4.79 Å². The Morgan fingerprint density at radius 2 is 1.69 bits per heavy atom. The normalized spacial score (nSPS) is 20.2. The van der Waals surface area contributed by atoms with E-state index < -0.39 is 0 Å². The molecule has 154 valence electrons. The first-order chi connectivity index (χ1) is 13.7. The molecule has 1 fully saturated rings. The van der Waals surface area contributed by atoms with Crippen LogP contribution in [0.15, 0.2) is 29.0 Å². The van der Waals surface area contributed by atoms with Gasteiger partial charge in [-0.05, 0) is 47.5 Å². The molecule has 2 aliphatic rings. The first-order valence-corrected chi connectivity index (χ1v) is 10.7. The summed E-state index contributed by atoms with van der Waals surface area (Å²) < 4.78 is 2.71. The van der Waals surface area contributed by atoms with E-state index in [0.717, 1.165) is 11.3 Å². The Bertz CT molecular complexity index is 960. The van der Waals surface area contributed by atoms with Crippen molar-refractivity contribution in [3.05, 3.63) is 51.0 Å². The fourth-order valence-corrected chi connectivity index (χ4v) is 5.26. The Morgan fingerprint density at radius 3 is 2.24 bits per heavy atom. The third-order valence-corrected chi connectivity index (χ3v) is 6.41. The van der Waals surface area contributed by atoms with Gasteiger partial charge in [0.15, 0.2) is 10.4 Å². The summed E-state index contributed by atoms with van der Waals surface area (Å²) in [5.74, 6) is -0.110. The van der Waals surface area contributed by atoms with Crippen LogP contribution in [0.5, 0.6) is 0 Å². The molecule has 2 aliphatic heterocycles. The Labute approximate surface area is 183 Å². The maximum absolute atomic E-state index is 13.5. The summed E-state index contributed by atoms with van der Waals surface area (Å²) in [5.41, 5.74) is 2.31. The second-order valence-corrected chi connectivity index (χ2v) is 9.09. The van der Waals surface area contributed by atoms with E-state index in [1.54, 1.807) is 23.9 Å². The molecule has 0 spiro atoms. The van der Waals surface area contributed by atoms with Crippen molar-refractivity contribution in [1.82, 2.24) is 24.3 Å². The summed E-state index contributed by atoms with van der Waals surface area (Å²) in [6.07, 6.45) is 0. The lowest BCUT2D eigenvalue weighted by Gasteiger charge is -2.42. The minimum Gasteiger partial charge on any atom is -0.326 e. The van der Waals surface area contributed by atoms with Gasteiger partial charge in [0.25, 0.3) is 5.91 Å². The van der Waals surface area contributed by atoms with Gasteiger partial charge in [-0.2, -0.15) is 0 Å². The summed E-state index contributed by atoms with van der Waals surface area (Å²) >= 11 is 9.64. The molecule has 1 saturated heterocycles. The molecule has 3 heterocycles. The molecule has 0 bridgehead atoms. The fourth-order valence-electron chi connectivity index (χ4n) is 4.35. The number of likely N-dealkylation sites (N-methyl/N-ethyl adjacent to an activating group) is 2. The zero-order valence-electron chi connectivity index (χ0n) is 16.8. The van der Waals surface area contributed by atoms with Crippen LogP contribution >= 0.6 is 27.5 Å². The third kappa shape index (κ3) is 3.22. The number of fused-ring (bicyclic) bond motifs is 1. The lowest BCUT2D eigenvalue weighted by molar-refractivity contribution is 0.0480. The van der Waals surface area contributed by atoms with Crippen molar-refractivity contribution in [3.63, 3.8) is 0 Å². The van der Waals surface area contributed by atoms with Gasteiger partial charge in [0, 0.05) is 38.2 Å². The van der Waals surface area contributed by atoms with Crippen LogP contribution in [-0.4, -0.2) is 69.4 Å². The molecule has 0 saturated carbocycles. The molecule has 1 atom stereocenters. The maximum Gasteiger partial charge on any atom is 0.319 e. The van der Waals surface area contributed by atoms with Crippen molar-refractivity contribution >= 4 is 39.5 Å². The number of amides is 3. The van der Waals surface area contributed by atoms with Crippen molar-refractivity contribution in [2.75, 3.05) is 27.2 Å². The number of hydrogen-bond donors (Lipinski definition) is 0. The molecule has 4 rings (SSSR count). The predicted molar refractivity (Wildman–Crippen MR) is 114 cm³/mol. The van der Waals surface area contributed by atoms with Crippen LogP contribution in [0.3, 0.4) is 0 Å². The molecule has 1 aromatic heterocycles. The van der Waals surface area contributed by atoms with Gasteiger partial charge in [0.2, 0.25) is 0 Å². The highest BCUT2D eigenvalue weighted by atomic mass is 79.9. The van der Waals surface area contributed by atoms with Gasteiger partial charge < -0.3 is 19.3 Å². The number of halogens is 2. The molecular weight excluding hydrogens is 458 g/mol. The molecule has 1 unspecified atom stereocenters. The van der Waals surface area contributed by atoms with E-state index >= 15 is 0 Å². The van der Waals surface area contributed by atoms with Crippen molar-refractivity contribution in [1.29, 1.82) is 0 Å². The van der Waals surface area contributed by atoms with E-state index in [2.05, 4.69) is 39.3 Å². The van der Waals surface area contributed by atoms with Crippen molar-refractivity contribution in [3.8, 4) is 0 Å². The van der Waals surface area contributed by atoms with Crippen molar-refractivity contribution in [2.45, 2.75) is 32.0 Å². The van der Waals surface area contributed by atoms with Crippen LogP contribution in [0.4, 0.5) is 4.79 Å². The van der Waals surface area contributed by atoms with Crippen LogP contribution in [0, 0.1) is 0 Å². The predicted octanol–water partition coefficient (Wildman–Crippen LogP) is 3.79. The number of urea groups is 1. The summed E-state index contributed by atoms with van der Waals surface area (Å²) in [6.45, 7) is 5.09. The molecule has 9 heteroatoms. The number of aromatic nitrogens is 2. The van der Waals surface area contributed by atoms with E-state index in [1.165, 1.54) is 0 Å². The van der Waals surface area contributed by atoms with Crippen LogP contribution in [0.25, 0.3) is 0 Å². The molecule has 0 N–H and O–H groups in total. The van der Waals surface area contributed by atoms with Crippen molar-refractivity contribution in [2.24, 2.45) is 0 Å². The van der Waals surface area contributed by atoms with Gasteiger partial charge in [-0.25, -0.2) is 9.78 Å². The van der Waals surface area contributed by atoms with E-state index in [9.17, 15) is 9.59 Å². The third-order valence-electron chi connectivity index (χ3n) is 5.60. The first kappa shape index (κ1) is 20.2. The second kappa shape index (κ2) is 7.32. The second-order valence-electron chi connectivity index (χ2n) is 7.94. The molecule has 3 amide bonds. The van der Waals surface area contributed by atoms with Crippen LogP contribution < -0.4 is 0 Å². The fraction of sp³-hybridized carbons (Fsp3) is 0.450. The number of benzene rings is 1. The number of rotatable bonds is 3. The zero-order valence-corrected chi connectivity index (χ0v) is 19.1. The maximum atomic E-state index is 13.5. The van der Waals surface area contributed by atoms with Crippen LogP contribution in [0.2, 0.25) is 5.02 Å². The Kier molecular flexibility index (Phi) is 5.11. The number of carbonyl (C=O) groups excluding carboxylic acids is 2. The number of imidazole rings is 1. The van der Waals surface area contributed by atoms with Gasteiger partial charge in [0.1, 0.15) is 6.04 Å². The smallest absolute Gasteiger partial charge is 0.319 e. The lowest BCUT2D eigenvalue weighted by Crippen LogP contribution is -2.59. The number of carbonyl (C=O) groups is 2. The van der Waals surface area contributed by atoms with Gasteiger partial charge in [0.05, 0.1) is 11.7 Å². The Morgan fingerprint density at radius 1 is 1.10 bits per heavy atom. The van der Waals surface area contributed by atoms with Crippen LogP contribution in [0.1, 0.15) is 47.7 Å². The highest BCUT2D eigenvalue weighted by molar-refractivity contribution is 9.10. The highest BCUT2D eigenvalue weighted by Gasteiger charge is 2.48. The van der Waals surface area contributed by atoms with E-state index in [4.69, 9.17) is 11.6 Å². The highest BCUT2D eigenvalue weighted by Crippen LogP contribution is 2.43. The van der Waals surface area contributed by atoms with E-state index in [1.807, 2.05) is 29.2 Å². The minimum atomic E-state index is -0.295. The topological polar surface area (TPSA) is 61.7 Å². The van der Waals surface area contributed by atoms with E-state index in [0.29, 0.717) is 28.5 Å². The summed E-state index contributed by atoms with van der Waals surface area (Å²) in [5, 5.41) is 0.645. The minimum absolute atomic E-state index is 0.0407. The Hall–Kier alpha value is -2.06. The van der Waals surface area contributed by atoms with Gasteiger partial charge in [-0.1, -0.05) is 23.7 Å². The molecule has 2 aromatic rings. The van der Waals surface area contributed by atoms with Gasteiger partial charge in [-0.15, -0.1) is 0 Å². The zero-order chi connectivity index (χ0) is 21.0. The monoisotopic (exact) mass is 479 g/mol. The van der Waals surface area contributed by atoms with Gasteiger partial charge >= 0.3 is 6.03 Å². The van der Waals surface area contributed by atoms with Crippen molar-refractivity contribution < 1.29 is 9.59 Å². The molecule has 0 aliphatic carbocycles.